The van der Waals surface area contributed by atoms with Crippen LogP contribution in [0.2, 0.25) is 0 Å². The largest absolute Gasteiger partial charge is 0.484 e. The van der Waals surface area contributed by atoms with Crippen molar-refractivity contribution in [1.29, 1.82) is 0 Å². The molecule has 1 unspecified atom stereocenters. The number of amides is 2. The first-order valence-electron chi connectivity index (χ1n) is 12.9. The van der Waals surface area contributed by atoms with E-state index >= 15 is 0 Å². The average molecular weight is 585 g/mol. The molecule has 0 bridgehead atoms. The summed E-state index contributed by atoms with van der Waals surface area (Å²) in [6.07, 6.45) is -0.873. The van der Waals surface area contributed by atoms with Crippen LogP contribution in [0.5, 0.6) is 5.75 Å². The van der Waals surface area contributed by atoms with Crippen molar-refractivity contribution in [2.45, 2.75) is 75.9 Å². The summed E-state index contributed by atoms with van der Waals surface area (Å²) in [5, 5.41) is 10.3. The van der Waals surface area contributed by atoms with Gasteiger partial charge in [0.1, 0.15) is 22.9 Å². The summed E-state index contributed by atoms with van der Waals surface area (Å²) in [5.41, 5.74) is 0.967. The van der Waals surface area contributed by atoms with E-state index in [2.05, 4.69) is 15.7 Å². The van der Waals surface area contributed by atoms with Crippen molar-refractivity contribution in [2.24, 2.45) is 0 Å². The number of nitrogens with zero attached hydrogens (tertiary/aromatic N) is 2. The molecule has 218 valence electrons. The monoisotopic (exact) mass is 584 g/mol. The molecule has 2 aliphatic heterocycles. The van der Waals surface area contributed by atoms with Crippen LogP contribution in [0.25, 0.3) is 0 Å². The van der Waals surface area contributed by atoms with Gasteiger partial charge in [0.2, 0.25) is 5.91 Å². The summed E-state index contributed by atoms with van der Waals surface area (Å²) in [4.78, 5) is 26.2. The van der Waals surface area contributed by atoms with Crippen LogP contribution in [0, 0.1) is 0 Å². The molecule has 40 heavy (non-hydrogen) atoms. The molecule has 14 heteroatoms. The molecule has 1 saturated heterocycles. The molecular formula is C26H31F3N4O6S. The minimum absolute atomic E-state index is 0.0931. The van der Waals surface area contributed by atoms with Gasteiger partial charge in [-0.15, -0.1) is 0 Å². The Balaban J connectivity index is 1.46. The molecule has 0 saturated carbocycles. The van der Waals surface area contributed by atoms with E-state index in [0.717, 1.165) is 30.2 Å². The third-order valence-electron chi connectivity index (χ3n) is 7.47. The number of halogens is 3. The van der Waals surface area contributed by atoms with Crippen LogP contribution in [0.3, 0.4) is 0 Å². The zero-order valence-corrected chi connectivity index (χ0v) is 23.2. The van der Waals surface area contributed by atoms with Crippen LogP contribution in [0.4, 0.5) is 19.0 Å². The number of benzene rings is 1. The number of nitrogens with one attached hydrogen (secondary N) is 2. The number of anilines is 1. The normalized spacial score (nSPS) is 23.6. The van der Waals surface area contributed by atoms with E-state index in [1.807, 2.05) is 13.8 Å². The molecule has 1 aromatic heterocycles. The molecule has 1 spiro atoms. The Morgan fingerprint density at radius 1 is 1.30 bits per heavy atom. The van der Waals surface area contributed by atoms with Gasteiger partial charge in [-0.1, -0.05) is 6.07 Å². The summed E-state index contributed by atoms with van der Waals surface area (Å²) in [7, 11) is -3.62. The summed E-state index contributed by atoms with van der Waals surface area (Å²) < 4.78 is 73.7. The fourth-order valence-electron chi connectivity index (χ4n) is 5.84. The average Bonchev–Trinajstić information content (AvgIpc) is 3.44. The van der Waals surface area contributed by atoms with Gasteiger partial charge in [0.05, 0.1) is 29.5 Å². The Morgan fingerprint density at radius 2 is 2.05 bits per heavy atom. The van der Waals surface area contributed by atoms with Crippen molar-refractivity contribution < 1.29 is 40.7 Å². The Morgan fingerprint density at radius 3 is 2.70 bits per heavy atom. The second kappa shape index (κ2) is 9.75. The quantitative estimate of drug-likeness (QED) is 0.512. The van der Waals surface area contributed by atoms with Gasteiger partial charge in [-0.05, 0) is 62.8 Å². The molecule has 1 fully saturated rings. The number of alkyl halides is 3. The van der Waals surface area contributed by atoms with Crippen LogP contribution < -0.4 is 15.4 Å². The Labute approximate surface area is 229 Å². The lowest BCUT2D eigenvalue weighted by molar-refractivity contribution is -0.153. The number of hydrogen-bond donors (Lipinski definition) is 2. The maximum Gasteiger partial charge on any atom is 0.422 e. The number of ether oxygens (including phenoxy) is 2. The number of carbonyl (C=O) groups excluding carboxylic acids is 2. The van der Waals surface area contributed by atoms with E-state index in [4.69, 9.17) is 9.47 Å². The van der Waals surface area contributed by atoms with Gasteiger partial charge in [-0.3, -0.25) is 9.59 Å². The van der Waals surface area contributed by atoms with E-state index in [9.17, 15) is 31.2 Å². The highest BCUT2D eigenvalue weighted by molar-refractivity contribution is 7.91. The number of aryl methyl sites for hydroxylation is 1. The summed E-state index contributed by atoms with van der Waals surface area (Å²) in [5.74, 6) is -1.82. The van der Waals surface area contributed by atoms with E-state index in [-0.39, 0.29) is 41.8 Å². The SMILES string of the molecule is CC1(C)CCC(Cn2nc3c(c2NC(=O)CS(C)(=O)=O)C(=O)N[C@@]2(CCc4cc(OCC(F)(F)F)ccc42)C3)O1. The first kappa shape index (κ1) is 28.4. The molecule has 1 aliphatic carbocycles. The van der Waals surface area contributed by atoms with Gasteiger partial charge in [-0.2, -0.15) is 18.3 Å². The van der Waals surface area contributed by atoms with Crippen LogP contribution in [-0.2, 0) is 44.3 Å². The lowest BCUT2D eigenvalue weighted by Gasteiger charge is -2.35. The molecule has 5 rings (SSSR count). The summed E-state index contributed by atoms with van der Waals surface area (Å²) >= 11 is 0. The molecule has 3 aliphatic rings. The summed E-state index contributed by atoms with van der Waals surface area (Å²) in [6, 6.07) is 4.68. The highest BCUT2D eigenvalue weighted by Gasteiger charge is 2.47. The number of fused-ring (bicyclic) bond motifs is 3. The van der Waals surface area contributed by atoms with Crippen molar-refractivity contribution >= 4 is 27.5 Å². The van der Waals surface area contributed by atoms with Crippen LogP contribution in [0.15, 0.2) is 18.2 Å². The minimum atomic E-state index is -4.46. The van der Waals surface area contributed by atoms with E-state index in [1.54, 1.807) is 12.1 Å². The molecule has 0 radical (unpaired) electrons. The highest BCUT2D eigenvalue weighted by Crippen LogP contribution is 2.44. The summed E-state index contributed by atoms with van der Waals surface area (Å²) in [6.45, 7) is 2.81. The van der Waals surface area contributed by atoms with E-state index < -0.39 is 45.7 Å². The van der Waals surface area contributed by atoms with Crippen LogP contribution >= 0.6 is 0 Å². The van der Waals surface area contributed by atoms with Crippen molar-refractivity contribution in [3.8, 4) is 5.75 Å². The minimum Gasteiger partial charge on any atom is -0.484 e. The lowest BCUT2D eigenvalue weighted by Crippen LogP contribution is -2.49. The molecule has 10 nitrogen and oxygen atoms in total. The van der Waals surface area contributed by atoms with Crippen LogP contribution in [0.1, 0.15) is 60.3 Å². The fraction of sp³-hybridized carbons (Fsp3) is 0.577. The lowest BCUT2D eigenvalue weighted by atomic mass is 9.82. The molecule has 1 aromatic carbocycles. The van der Waals surface area contributed by atoms with Gasteiger partial charge < -0.3 is 20.1 Å². The van der Waals surface area contributed by atoms with Crippen molar-refractivity contribution in [3.63, 3.8) is 0 Å². The maximum absolute atomic E-state index is 13.6. The van der Waals surface area contributed by atoms with Gasteiger partial charge in [0.25, 0.3) is 5.91 Å². The second-order valence-corrected chi connectivity index (χ2v) is 13.6. The van der Waals surface area contributed by atoms with Crippen molar-refractivity contribution in [2.75, 3.05) is 23.9 Å². The van der Waals surface area contributed by atoms with Crippen LogP contribution in [-0.4, -0.2) is 66.5 Å². The Bertz CT molecular complexity index is 1470. The zero-order valence-electron chi connectivity index (χ0n) is 22.4. The van der Waals surface area contributed by atoms with Gasteiger partial charge in [-0.25, -0.2) is 13.1 Å². The molecular weight excluding hydrogens is 553 g/mol. The standard InChI is InChI=1S/C26H31F3N4O6S/c1-24(2)8-7-17(39-24)12-33-22(30-20(34)13-40(3,36)37)21-19(32-33)11-25(31-23(21)35)9-6-15-10-16(4-5-18(15)25)38-14-26(27,28)29/h4-5,10,17H,6-9,11-14H2,1-3H3,(H,30,34)(H,31,35)/t17?,25-/m0/s1. The predicted molar refractivity (Wildman–Crippen MR) is 138 cm³/mol. The molecule has 2 aromatic rings. The van der Waals surface area contributed by atoms with E-state index in [0.29, 0.717) is 18.5 Å². The third-order valence-corrected chi connectivity index (χ3v) is 8.26. The van der Waals surface area contributed by atoms with Crippen molar-refractivity contribution in [1.82, 2.24) is 15.1 Å². The van der Waals surface area contributed by atoms with Gasteiger partial charge >= 0.3 is 6.18 Å². The zero-order chi connectivity index (χ0) is 29.1. The first-order valence-corrected chi connectivity index (χ1v) is 15.0. The number of aromatic nitrogens is 2. The molecule has 2 atom stereocenters. The number of carbonyl (C=O) groups is 2. The van der Waals surface area contributed by atoms with Gasteiger partial charge in [0.15, 0.2) is 16.4 Å². The van der Waals surface area contributed by atoms with Crippen molar-refractivity contribution in [3.05, 3.63) is 40.6 Å². The fourth-order valence-corrected chi connectivity index (χ4v) is 6.39. The number of hydrogen-bond acceptors (Lipinski definition) is 7. The third kappa shape index (κ3) is 5.97. The molecule has 2 amide bonds. The Hall–Kier alpha value is -3.13. The topological polar surface area (TPSA) is 129 Å². The predicted octanol–water partition coefficient (Wildman–Crippen LogP) is 2.89. The van der Waals surface area contributed by atoms with Gasteiger partial charge in [0, 0.05) is 12.7 Å². The highest BCUT2D eigenvalue weighted by atomic mass is 32.2. The molecule has 3 heterocycles. The first-order chi connectivity index (χ1) is 18.5. The Kier molecular flexibility index (Phi) is 6.93. The maximum atomic E-state index is 13.6. The molecule has 2 N–H and O–H groups in total. The van der Waals surface area contributed by atoms with E-state index in [1.165, 1.54) is 10.7 Å². The smallest absolute Gasteiger partial charge is 0.422 e. The second-order valence-electron chi connectivity index (χ2n) is 11.4. The number of sulfone groups is 1. The number of rotatable bonds is 7.